The molecule has 0 aliphatic carbocycles. The van der Waals surface area contributed by atoms with Crippen molar-refractivity contribution < 1.29 is 57.3 Å². The van der Waals surface area contributed by atoms with Gasteiger partial charge >= 0.3 is 0 Å². The van der Waals surface area contributed by atoms with Crippen molar-refractivity contribution in [3.8, 4) is 44.9 Å². The minimum absolute atomic E-state index is 0. The molecule has 0 saturated carbocycles. The van der Waals surface area contributed by atoms with Crippen molar-refractivity contribution in [1.82, 2.24) is 0 Å². The molecule has 0 spiro atoms. The van der Waals surface area contributed by atoms with E-state index in [0.29, 0.717) is 56.0 Å². The number of quaternary nitrogens is 1. The minimum Gasteiger partial charge on any atom is -1.00 e. The summed E-state index contributed by atoms with van der Waals surface area (Å²) in [6.07, 6.45) is 0. The Hall–Kier alpha value is -4.80. The van der Waals surface area contributed by atoms with E-state index in [0.717, 1.165) is 40.6 Å². The molecule has 1 atom stereocenters. The van der Waals surface area contributed by atoms with E-state index < -0.39 is 45.7 Å². The third-order valence-corrected chi connectivity index (χ3v) is 11.9. The van der Waals surface area contributed by atoms with Crippen LogP contribution >= 0.6 is 0 Å². The van der Waals surface area contributed by atoms with E-state index in [1.165, 1.54) is 14.2 Å². The average Bonchev–Trinajstić information content (AvgIpc) is 3.29. The fraction of sp³-hybridized carbons (Fsp3) is 0.306. The van der Waals surface area contributed by atoms with Crippen LogP contribution in [-0.2, 0) is 23.9 Å². The predicted octanol–water partition coefficient (Wildman–Crippen LogP) is 10.5. The van der Waals surface area contributed by atoms with Gasteiger partial charge in [0.2, 0.25) is 0 Å². The molecule has 1 aliphatic heterocycles. The van der Waals surface area contributed by atoms with Crippen LogP contribution in [0, 0.1) is 34.9 Å². The minimum atomic E-state index is -1.58. The normalized spacial score (nSPS) is 14.2. The van der Waals surface area contributed by atoms with Gasteiger partial charge in [0.05, 0.1) is 21.3 Å². The van der Waals surface area contributed by atoms with Crippen LogP contribution < -0.4 is 26.5 Å². The lowest BCUT2D eigenvalue weighted by atomic mass is 9.76. The van der Waals surface area contributed by atoms with Gasteiger partial charge < -0.3 is 30.9 Å². The van der Waals surface area contributed by atoms with Crippen molar-refractivity contribution in [2.45, 2.75) is 78.4 Å². The molecule has 310 valence electrons. The molecular weight excluding hydrogens is 828 g/mol. The fourth-order valence-corrected chi connectivity index (χ4v) is 8.77. The van der Waals surface area contributed by atoms with Gasteiger partial charge in [0.15, 0.2) is 34.9 Å². The summed E-state index contributed by atoms with van der Waals surface area (Å²) < 4.78 is 103. The van der Waals surface area contributed by atoms with Gasteiger partial charge in [-0.05, 0) is 87.2 Å². The molecule has 0 N–H and O–H groups in total. The van der Waals surface area contributed by atoms with Gasteiger partial charge in [-0.1, -0.05) is 84.0 Å². The Labute approximate surface area is 353 Å². The molecule has 3 nitrogen and oxygen atoms in total. The number of hydrogen-bond acceptors (Lipinski definition) is 2. The highest BCUT2D eigenvalue weighted by Crippen LogP contribution is 2.55. The third-order valence-electron chi connectivity index (χ3n) is 11.9. The summed E-state index contributed by atoms with van der Waals surface area (Å²) in [5.41, 5.74) is 5.03. The molecule has 1 heterocycles. The zero-order valence-corrected chi connectivity index (χ0v) is 36.5. The highest BCUT2D eigenvalue weighted by molar-refractivity contribution is 5.91. The molecule has 1 aliphatic rings. The van der Waals surface area contributed by atoms with Gasteiger partial charge in [-0.25, -0.2) is 26.3 Å². The van der Waals surface area contributed by atoms with Crippen molar-refractivity contribution in [3.63, 3.8) is 0 Å². The number of benzene rings is 6. The molecule has 10 heteroatoms. The van der Waals surface area contributed by atoms with Crippen LogP contribution in [0.4, 0.5) is 26.3 Å². The van der Waals surface area contributed by atoms with E-state index in [-0.39, 0.29) is 51.7 Å². The SMILES string of the molecule is COc1c(C(C)(C)C)cc2c(c1-c1cc(F)c(F)c(F)c1)C[N+](C)([C@@H](C)c1cccc3ccccc13)Cc1c-2cc(C(C)(C)C)c(OC)c1-c1cc(F)c(F)c(F)c1.[Br-]. The van der Waals surface area contributed by atoms with E-state index in [2.05, 4.69) is 26.1 Å². The number of halogens is 7. The topological polar surface area (TPSA) is 18.5 Å². The standard InChI is InChI=1S/C49H48F6NO2.BrH/c1-26(30-17-13-15-27-14-11-12-16-31(27)30)56(8)24-34-32(22-36(48(2,3)4)46(57-9)42(34)28-18-38(50)44(54)39(51)19-28)33-23-37(49(5,6)7)47(58-10)43(35(33)25-56)29-20-40(52)45(55)41(53)21-29;/h11-23,26H,24-25H2,1-10H3;1H/q+1;/p-1/t26-;/m0./s1. The molecule has 6 aromatic rings. The lowest BCUT2D eigenvalue weighted by molar-refractivity contribution is -0.962. The Kier molecular flexibility index (Phi) is 11.6. The summed E-state index contributed by atoms with van der Waals surface area (Å²) >= 11 is 0. The van der Waals surface area contributed by atoms with Crippen molar-refractivity contribution in [3.05, 3.63) is 142 Å². The van der Waals surface area contributed by atoms with Crippen LogP contribution in [-0.4, -0.2) is 25.8 Å². The van der Waals surface area contributed by atoms with Crippen molar-refractivity contribution >= 4 is 10.8 Å². The number of ether oxygens (including phenoxy) is 2. The summed E-state index contributed by atoms with van der Waals surface area (Å²) in [6, 6.07) is 22.0. The van der Waals surface area contributed by atoms with Crippen LogP contribution in [0.5, 0.6) is 11.5 Å². The molecule has 0 saturated heterocycles. The molecule has 6 aromatic carbocycles. The highest BCUT2D eigenvalue weighted by Gasteiger charge is 2.42. The predicted molar refractivity (Wildman–Crippen MR) is 219 cm³/mol. The van der Waals surface area contributed by atoms with Gasteiger partial charge in [0, 0.05) is 38.9 Å². The van der Waals surface area contributed by atoms with Crippen molar-refractivity contribution in [1.29, 1.82) is 0 Å². The lowest BCUT2D eigenvalue weighted by Gasteiger charge is -2.41. The maximum atomic E-state index is 15.3. The first-order chi connectivity index (χ1) is 27.2. The second-order valence-electron chi connectivity index (χ2n) is 17.8. The summed E-state index contributed by atoms with van der Waals surface area (Å²) in [7, 11) is 5.09. The summed E-state index contributed by atoms with van der Waals surface area (Å²) in [5.74, 6) is -7.76. The smallest absolute Gasteiger partial charge is 0.194 e. The second kappa shape index (κ2) is 15.7. The number of fused-ring (bicyclic) bond motifs is 4. The zero-order chi connectivity index (χ0) is 42.2. The Morgan fingerprint density at radius 2 is 0.966 bits per heavy atom. The first-order valence-corrected chi connectivity index (χ1v) is 19.3. The molecule has 0 amide bonds. The van der Waals surface area contributed by atoms with Crippen molar-refractivity contribution in [2.24, 2.45) is 0 Å². The summed E-state index contributed by atoms with van der Waals surface area (Å²) in [4.78, 5) is 0. The zero-order valence-electron chi connectivity index (χ0n) is 34.9. The van der Waals surface area contributed by atoms with E-state index in [9.17, 15) is 8.78 Å². The van der Waals surface area contributed by atoms with Gasteiger partial charge in [-0.2, -0.15) is 0 Å². The second-order valence-corrected chi connectivity index (χ2v) is 17.8. The van der Waals surface area contributed by atoms with Crippen LogP contribution in [0.15, 0.2) is 78.9 Å². The Morgan fingerprint density at radius 1 is 0.576 bits per heavy atom. The Bertz CT molecular complexity index is 2440. The molecule has 59 heavy (non-hydrogen) atoms. The summed E-state index contributed by atoms with van der Waals surface area (Å²) in [5, 5.41) is 2.08. The van der Waals surface area contributed by atoms with Gasteiger partial charge in [0.25, 0.3) is 0 Å². The molecule has 0 fully saturated rings. The average molecular weight is 877 g/mol. The molecule has 0 unspecified atom stereocenters. The number of methoxy groups -OCH3 is 2. The monoisotopic (exact) mass is 875 g/mol. The van der Waals surface area contributed by atoms with Gasteiger partial charge in [-0.15, -0.1) is 0 Å². The highest BCUT2D eigenvalue weighted by atomic mass is 79.9. The molecular formula is C49H48BrF6NO2. The first-order valence-electron chi connectivity index (χ1n) is 19.3. The molecule has 0 radical (unpaired) electrons. The van der Waals surface area contributed by atoms with E-state index in [1.807, 2.05) is 84.0 Å². The van der Waals surface area contributed by atoms with E-state index >= 15 is 17.6 Å². The van der Waals surface area contributed by atoms with Crippen LogP contribution in [0.3, 0.4) is 0 Å². The third kappa shape index (κ3) is 7.52. The van der Waals surface area contributed by atoms with Crippen molar-refractivity contribution in [2.75, 3.05) is 21.3 Å². The fourth-order valence-electron chi connectivity index (χ4n) is 8.77. The Morgan fingerprint density at radius 3 is 1.36 bits per heavy atom. The lowest BCUT2D eigenvalue weighted by Crippen LogP contribution is -3.00. The molecule has 7 rings (SSSR count). The van der Waals surface area contributed by atoms with E-state index in [1.54, 1.807) is 0 Å². The van der Waals surface area contributed by atoms with Gasteiger partial charge in [0.1, 0.15) is 30.6 Å². The largest absolute Gasteiger partial charge is 1.00 e. The number of hydrogen-bond donors (Lipinski definition) is 0. The number of nitrogens with zero attached hydrogens (tertiary/aromatic N) is 1. The maximum absolute atomic E-state index is 15.3. The quantitative estimate of drug-likeness (QED) is 0.0943. The first kappa shape index (κ1) is 43.8. The van der Waals surface area contributed by atoms with Crippen LogP contribution in [0.2, 0.25) is 0 Å². The van der Waals surface area contributed by atoms with E-state index in [4.69, 9.17) is 9.47 Å². The van der Waals surface area contributed by atoms with Crippen LogP contribution in [0.25, 0.3) is 44.2 Å². The molecule has 0 bridgehead atoms. The maximum Gasteiger partial charge on any atom is 0.194 e. The summed E-state index contributed by atoms with van der Waals surface area (Å²) in [6.45, 7) is 14.6. The molecule has 0 aromatic heterocycles. The Balaban J connectivity index is 0.00000585. The van der Waals surface area contributed by atoms with Gasteiger partial charge in [-0.3, -0.25) is 0 Å². The van der Waals surface area contributed by atoms with Crippen LogP contribution in [0.1, 0.15) is 82.3 Å². The number of rotatable bonds is 6.